The van der Waals surface area contributed by atoms with Gasteiger partial charge in [0.25, 0.3) is 5.91 Å². The lowest BCUT2D eigenvalue weighted by molar-refractivity contribution is -0.0440. The molecule has 1 amide bonds. The second-order valence-corrected chi connectivity index (χ2v) is 9.97. The van der Waals surface area contributed by atoms with Gasteiger partial charge in [0.1, 0.15) is 0 Å². The summed E-state index contributed by atoms with van der Waals surface area (Å²) < 4.78 is 32.8. The molecule has 0 radical (unpaired) electrons. The number of morpholine rings is 1. The Kier molecular flexibility index (Phi) is 6.77. The maximum Gasteiger partial charge on any atom is 0.255 e. The SMILES string of the molecule is C[C@@H]1CN(S(=O)(=O)c2ccc(C(=O)Nc3cc(Cl)cc(Cl)c3Cl)cc2)C[C@H](C)O1. The van der Waals surface area contributed by atoms with Gasteiger partial charge in [0.2, 0.25) is 10.0 Å². The lowest BCUT2D eigenvalue weighted by Gasteiger charge is -2.34. The van der Waals surface area contributed by atoms with Crippen LogP contribution in [0.15, 0.2) is 41.3 Å². The highest BCUT2D eigenvalue weighted by Gasteiger charge is 2.32. The highest BCUT2D eigenvalue weighted by Crippen LogP contribution is 2.33. The highest BCUT2D eigenvalue weighted by atomic mass is 35.5. The number of amides is 1. The van der Waals surface area contributed by atoms with Crippen LogP contribution in [-0.4, -0.2) is 43.9 Å². The van der Waals surface area contributed by atoms with Gasteiger partial charge >= 0.3 is 0 Å². The van der Waals surface area contributed by atoms with Crippen LogP contribution in [0, 0.1) is 0 Å². The Morgan fingerprint density at radius 2 is 1.66 bits per heavy atom. The van der Waals surface area contributed by atoms with Crippen LogP contribution in [0.4, 0.5) is 5.69 Å². The largest absolute Gasteiger partial charge is 0.373 e. The molecule has 1 N–H and O–H groups in total. The van der Waals surface area contributed by atoms with Crippen molar-refractivity contribution >= 4 is 56.4 Å². The fraction of sp³-hybridized carbons (Fsp3) is 0.316. The Balaban J connectivity index is 1.78. The van der Waals surface area contributed by atoms with Gasteiger partial charge in [-0.05, 0) is 50.2 Å². The fourth-order valence-electron chi connectivity index (χ4n) is 3.10. The van der Waals surface area contributed by atoms with Gasteiger partial charge in [-0.15, -0.1) is 0 Å². The van der Waals surface area contributed by atoms with Crippen molar-refractivity contribution in [3.63, 3.8) is 0 Å². The van der Waals surface area contributed by atoms with E-state index in [0.717, 1.165) is 0 Å². The van der Waals surface area contributed by atoms with Gasteiger partial charge in [0.05, 0.1) is 32.8 Å². The summed E-state index contributed by atoms with van der Waals surface area (Å²) in [5, 5.41) is 3.33. The van der Waals surface area contributed by atoms with Crippen molar-refractivity contribution in [2.75, 3.05) is 18.4 Å². The average molecular weight is 478 g/mol. The Morgan fingerprint density at radius 3 is 2.24 bits per heavy atom. The number of hydrogen-bond donors (Lipinski definition) is 1. The number of nitrogens with zero attached hydrogens (tertiary/aromatic N) is 1. The third kappa shape index (κ3) is 5.05. The number of halogens is 3. The molecule has 29 heavy (non-hydrogen) atoms. The number of nitrogens with one attached hydrogen (secondary N) is 1. The number of rotatable bonds is 4. The summed E-state index contributed by atoms with van der Waals surface area (Å²) in [6.45, 7) is 4.23. The molecule has 0 spiro atoms. The second kappa shape index (κ2) is 8.79. The van der Waals surface area contributed by atoms with Crippen molar-refractivity contribution < 1.29 is 17.9 Å². The summed E-state index contributed by atoms with van der Waals surface area (Å²) in [5.41, 5.74) is 0.530. The maximum atomic E-state index is 12.9. The van der Waals surface area contributed by atoms with Crippen molar-refractivity contribution in [1.82, 2.24) is 4.31 Å². The number of carbonyl (C=O) groups excluding carboxylic acids is 1. The Morgan fingerprint density at radius 1 is 1.07 bits per heavy atom. The van der Waals surface area contributed by atoms with Gasteiger partial charge in [0.15, 0.2) is 0 Å². The molecule has 0 saturated carbocycles. The minimum atomic E-state index is -3.68. The summed E-state index contributed by atoms with van der Waals surface area (Å²) in [7, 11) is -3.68. The summed E-state index contributed by atoms with van der Waals surface area (Å²) in [5.74, 6) is -0.470. The van der Waals surface area contributed by atoms with E-state index in [2.05, 4.69) is 5.32 Å². The number of carbonyl (C=O) groups is 1. The van der Waals surface area contributed by atoms with E-state index in [4.69, 9.17) is 39.5 Å². The van der Waals surface area contributed by atoms with Crippen LogP contribution in [0.3, 0.4) is 0 Å². The van der Waals surface area contributed by atoms with E-state index in [-0.39, 0.29) is 51.5 Å². The minimum Gasteiger partial charge on any atom is -0.373 e. The van der Waals surface area contributed by atoms with E-state index < -0.39 is 15.9 Å². The highest BCUT2D eigenvalue weighted by molar-refractivity contribution is 7.89. The first kappa shape index (κ1) is 22.3. The smallest absolute Gasteiger partial charge is 0.255 e. The Hall–Kier alpha value is -1.35. The molecular weight excluding hydrogens is 459 g/mol. The summed E-state index contributed by atoms with van der Waals surface area (Å²) in [6.07, 6.45) is -0.374. The molecule has 6 nitrogen and oxygen atoms in total. The number of hydrogen-bond acceptors (Lipinski definition) is 4. The molecule has 10 heteroatoms. The molecule has 0 unspecified atom stereocenters. The first-order valence-electron chi connectivity index (χ1n) is 8.79. The Labute approximate surface area is 184 Å². The number of sulfonamides is 1. The van der Waals surface area contributed by atoms with Gasteiger partial charge in [-0.3, -0.25) is 4.79 Å². The van der Waals surface area contributed by atoms with Gasteiger partial charge < -0.3 is 10.1 Å². The third-order valence-electron chi connectivity index (χ3n) is 4.38. The van der Waals surface area contributed by atoms with Crippen LogP contribution in [0.2, 0.25) is 15.1 Å². The van der Waals surface area contributed by atoms with Crippen LogP contribution in [0.1, 0.15) is 24.2 Å². The molecule has 1 saturated heterocycles. The molecule has 3 rings (SSSR count). The molecule has 1 aliphatic heterocycles. The topological polar surface area (TPSA) is 75.7 Å². The molecule has 0 aliphatic carbocycles. The van der Waals surface area contributed by atoms with E-state index in [1.54, 1.807) is 0 Å². The Bertz CT molecular complexity index is 1020. The lowest BCUT2D eigenvalue weighted by Crippen LogP contribution is -2.48. The summed E-state index contributed by atoms with van der Waals surface area (Å²) in [6, 6.07) is 8.63. The van der Waals surface area contributed by atoms with Crippen molar-refractivity contribution in [1.29, 1.82) is 0 Å². The van der Waals surface area contributed by atoms with E-state index in [1.165, 1.54) is 40.7 Å². The summed E-state index contributed by atoms with van der Waals surface area (Å²) in [4.78, 5) is 12.6. The van der Waals surface area contributed by atoms with E-state index in [9.17, 15) is 13.2 Å². The molecule has 0 bridgehead atoms. The van der Waals surface area contributed by atoms with Crippen LogP contribution in [0.5, 0.6) is 0 Å². The van der Waals surface area contributed by atoms with Crippen molar-refractivity contribution in [3.8, 4) is 0 Å². The summed E-state index contributed by atoms with van der Waals surface area (Å²) >= 11 is 18.0. The molecule has 0 aromatic heterocycles. The van der Waals surface area contributed by atoms with E-state index in [0.29, 0.717) is 5.02 Å². The standard InChI is InChI=1S/C19H19Cl3N2O4S/c1-11-9-24(10-12(2)28-11)29(26,27)15-5-3-13(4-6-15)19(25)23-17-8-14(20)7-16(21)18(17)22/h3-8,11-12H,9-10H2,1-2H3,(H,23,25)/t11-,12+. The average Bonchev–Trinajstić information content (AvgIpc) is 2.65. The first-order chi connectivity index (χ1) is 13.6. The number of benzene rings is 2. The monoisotopic (exact) mass is 476 g/mol. The zero-order chi connectivity index (χ0) is 21.3. The van der Waals surface area contributed by atoms with E-state index >= 15 is 0 Å². The van der Waals surface area contributed by atoms with Crippen LogP contribution in [0.25, 0.3) is 0 Å². The second-order valence-electron chi connectivity index (χ2n) is 6.81. The molecule has 2 aromatic rings. The first-order valence-corrected chi connectivity index (χ1v) is 11.4. The van der Waals surface area contributed by atoms with Crippen LogP contribution < -0.4 is 5.32 Å². The van der Waals surface area contributed by atoms with Gasteiger partial charge in [-0.25, -0.2) is 8.42 Å². The minimum absolute atomic E-state index is 0.110. The zero-order valence-corrected chi connectivity index (χ0v) is 18.7. The fourth-order valence-corrected chi connectivity index (χ4v) is 5.34. The van der Waals surface area contributed by atoms with Crippen molar-refractivity contribution in [3.05, 3.63) is 57.0 Å². The molecule has 2 atom stereocenters. The number of anilines is 1. The van der Waals surface area contributed by atoms with Gasteiger partial charge in [-0.2, -0.15) is 4.31 Å². The van der Waals surface area contributed by atoms with Crippen LogP contribution in [-0.2, 0) is 14.8 Å². The molecule has 2 aromatic carbocycles. The quantitative estimate of drug-likeness (QED) is 0.648. The maximum absolute atomic E-state index is 12.9. The normalized spacial score (nSPS) is 20.4. The lowest BCUT2D eigenvalue weighted by atomic mass is 10.2. The van der Waals surface area contributed by atoms with E-state index in [1.807, 2.05) is 13.8 Å². The predicted octanol–water partition coefficient (Wildman–Crippen LogP) is 4.70. The molecule has 156 valence electrons. The van der Waals surface area contributed by atoms with Crippen LogP contribution >= 0.6 is 34.8 Å². The zero-order valence-electron chi connectivity index (χ0n) is 15.7. The third-order valence-corrected chi connectivity index (χ3v) is 7.25. The predicted molar refractivity (Wildman–Crippen MR) is 115 cm³/mol. The molecule has 1 aliphatic rings. The number of ether oxygens (including phenoxy) is 1. The van der Waals surface area contributed by atoms with Gasteiger partial charge in [-0.1, -0.05) is 34.8 Å². The van der Waals surface area contributed by atoms with Gasteiger partial charge in [0, 0.05) is 23.7 Å². The molecule has 1 fully saturated rings. The van der Waals surface area contributed by atoms with Crippen molar-refractivity contribution in [2.45, 2.75) is 31.0 Å². The molecular formula is C19H19Cl3N2O4S. The molecule has 1 heterocycles. The van der Waals surface area contributed by atoms with Crippen molar-refractivity contribution in [2.24, 2.45) is 0 Å².